The maximum absolute atomic E-state index is 14.7. The summed E-state index contributed by atoms with van der Waals surface area (Å²) in [6.07, 6.45) is 0.442. The number of nitrogens with two attached hydrogens (primary N) is 2. The van der Waals surface area contributed by atoms with E-state index < -0.39 is 132 Å². The lowest BCUT2D eigenvalue weighted by Crippen LogP contribution is -2.62. The van der Waals surface area contributed by atoms with Crippen LogP contribution in [0.2, 0.25) is 0 Å². The van der Waals surface area contributed by atoms with Crippen molar-refractivity contribution in [2.45, 2.75) is 221 Å². The Morgan fingerprint density at radius 1 is 0.542 bits per heavy atom. The van der Waals surface area contributed by atoms with Crippen LogP contribution >= 0.6 is 0 Å². The molecule has 0 unspecified atom stereocenters. The molecule has 0 aromatic heterocycles. The van der Waals surface area contributed by atoms with Crippen molar-refractivity contribution in [2.24, 2.45) is 41.1 Å². The lowest BCUT2D eigenvalue weighted by molar-refractivity contribution is -0.144. The van der Waals surface area contributed by atoms with Crippen molar-refractivity contribution in [3.8, 4) is 5.75 Å². The summed E-state index contributed by atoms with van der Waals surface area (Å²) >= 11 is 0. The first-order valence-corrected chi connectivity index (χ1v) is 29.2. The highest BCUT2D eigenvalue weighted by Crippen LogP contribution is 2.21. The van der Waals surface area contributed by atoms with Gasteiger partial charge in [-0.1, -0.05) is 81.4 Å². The molecule has 0 saturated carbocycles. The van der Waals surface area contributed by atoms with Gasteiger partial charge in [-0.15, -0.1) is 0 Å². The SMILES string of the molecule is CC(=O)N[C@@H](CC(C)C)C(=O)N[C@@H](C)C(=O)N[C@@H](CC(C)C)C(=O)N[C@@H](CCCCN)C(=O)N[C@@H](Cc1ccc(O)cc1)C(=O)N[C@@H](CC(C)C)C(=O)N[C@@H](CC(C)C)C(=O)N[C@H](C(=O)N1CCC[C@H]1C(=O)N[C@H](C(N)=O)C(C)C)[C@@H](C)O. The van der Waals surface area contributed by atoms with Crippen molar-refractivity contribution >= 4 is 65.0 Å². The van der Waals surface area contributed by atoms with Crippen LogP contribution in [0.3, 0.4) is 0 Å². The van der Waals surface area contributed by atoms with Gasteiger partial charge in [0.15, 0.2) is 0 Å². The highest BCUT2D eigenvalue weighted by Gasteiger charge is 2.42. The molecular weight excluding hydrogens is 1070 g/mol. The molecule has 0 aliphatic carbocycles. The zero-order valence-corrected chi connectivity index (χ0v) is 51.0. The van der Waals surface area contributed by atoms with Crippen LogP contribution in [0.4, 0.5) is 0 Å². The predicted molar refractivity (Wildman–Crippen MR) is 312 cm³/mol. The Morgan fingerprint density at radius 3 is 1.41 bits per heavy atom. The van der Waals surface area contributed by atoms with Gasteiger partial charge in [0.1, 0.15) is 66.2 Å². The topological polar surface area (TPSA) is 392 Å². The average Bonchev–Trinajstić information content (AvgIpc) is 3.91. The van der Waals surface area contributed by atoms with E-state index in [1.54, 1.807) is 53.7 Å². The van der Waals surface area contributed by atoms with E-state index in [1.807, 2.05) is 27.7 Å². The standard InChI is InChI=1S/C58H98N12O13/c1-30(2)25-41(62-37(13)72)52(77)61-35(11)50(75)64-42(26-31(3)4)53(78)63-40(17-14-15-23-59)51(76)67-45(29-38-19-21-39(73)22-20-38)55(80)65-43(27-32(5)6)54(79)66-44(28-33(7)8)56(81)69-48(36(12)71)58(83)70-24-16-18-46(70)57(82)68-47(34(9)10)49(60)74/h19-22,30-36,40-48,71,73H,14-18,23-29,59H2,1-13H3,(H2,60,74)(H,61,77)(H,62,72)(H,63,78)(H,64,75)(H,65,80)(H,66,79)(H,67,76)(H,68,82)(H,69,81)/t35-,36+,40-,41-,42-,43-,44-,45-,46-,47-,48-/m0/s1. The summed E-state index contributed by atoms with van der Waals surface area (Å²) in [6.45, 7) is 22.4. The first-order valence-electron chi connectivity index (χ1n) is 29.2. The highest BCUT2D eigenvalue weighted by atomic mass is 16.3. The van der Waals surface area contributed by atoms with Crippen LogP contribution in [0.25, 0.3) is 0 Å². The molecule has 0 bridgehead atoms. The number of aliphatic hydroxyl groups is 1. The van der Waals surface area contributed by atoms with Gasteiger partial charge in [0, 0.05) is 19.9 Å². The van der Waals surface area contributed by atoms with E-state index in [0.29, 0.717) is 31.2 Å². The molecule has 1 heterocycles. The largest absolute Gasteiger partial charge is 0.508 e. The molecule has 1 aliphatic rings. The van der Waals surface area contributed by atoms with E-state index in [1.165, 1.54) is 37.8 Å². The summed E-state index contributed by atoms with van der Waals surface area (Å²) in [7, 11) is 0. The number of likely N-dealkylation sites (tertiary alicyclic amines) is 1. The van der Waals surface area contributed by atoms with Crippen molar-refractivity contribution in [3.05, 3.63) is 29.8 Å². The number of carbonyl (C=O) groups is 11. The molecule has 25 nitrogen and oxygen atoms in total. The summed E-state index contributed by atoms with van der Waals surface area (Å²) in [5.74, 6) is -8.74. The third kappa shape index (κ3) is 25.2. The summed E-state index contributed by atoms with van der Waals surface area (Å²) in [4.78, 5) is 152. The molecule has 11 amide bonds. The van der Waals surface area contributed by atoms with Gasteiger partial charge in [0.2, 0.25) is 65.0 Å². The number of nitrogens with zero attached hydrogens (tertiary/aromatic N) is 1. The van der Waals surface area contributed by atoms with Gasteiger partial charge in [-0.05, 0) is 125 Å². The van der Waals surface area contributed by atoms with Crippen LogP contribution in [-0.2, 0) is 59.2 Å². The van der Waals surface area contributed by atoms with Crippen molar-refractivity contribution in [3.63, 3.8) is 0 Å². The third-order valence-electron chi connectivity index (χ3n) is 13.9. The molecular formula is C58H98N12O13. The van der Waals surface area contributed by atoms with Gasteiger partial charge in [-0.2, -0.15) is 0 Å². The molecule has 1 aliphatic heterocycles. The average molecular weight is 1170 g/mol. The molecule has 1 aromatic rings. The number of carbonyl (C=O) groups excluding carboxylic acids is 11. The Morgan fingerprint density at radius 2 is 0.964 bits per heavy atom. The molecule has 1 saturated heterocycles. The molecule has 468 valence electrons. The number of aromatic hydroxyl groups is 1. The zero-order valence-electron chi connectivity index (χ0n) is 51.0. The number of phenols is 1. The van der Waals surface area contributed by atoms with Crippen LogP contribution in [0.15, 0.2) is 24.3 Å². The Labute approximate surface area is 489 Å². The molecule has 0 radical (unpaired) electrons. The van der Waals surface area contributed by atoms with E-state index in [0.717, 1.165) is 0 Å². The van der Waals surface area contributed by atoms with Crippen LogP contribution in [0.5, 0.6) is 5.75 Å². The fourth-order valence-electron chi connectivity index (χ4n) is 9.60. The number of hydrogen-bond donors (Lipinski definition) is 13. The summed E-state index contributed by atoms with van der Waals surface area (Å²) in [6, 6.07) is -6.27. The molecule has 2 rings (SSSR count). The second-order valence-corrected chi connectivity index (χ2v) is 24.0. The minimum absolute atomic E-state index is 0.0343. The Bertz CT molecular complexity index is 2350. The lowest BCUT2D eigenvalue weighted by atomic mass is 9.98. The number of phenolic OH excluding ortho intramolecular Hbond substituents is 1. The molecule has 1 fully saturated rings. The Hall–Kier alpha value is -6.89. The molecule has 11 atom stereocenters. The van der Waals surface area contributed by atoms with E-state index in [-0.39, 0.29) is 87.0 Å². The minimum Gasteiger partial charge on any atom is -0.508 e. The molecule has 25 heteroatoms. The number of benzene rings is 1. The molecule has 15 N–H and O–H groups in total. The molecule has 0 spiro atoms. The predicted octanol–water partition coefficient (Wildman–Crippen LogP) is 0.164. The summed E-state index contributed by atoms with van der Waals surface area (Å²) in [5.41, 5.74) is 11.8. The van der Waals surface area contributed by atoms with E-state index in [2.05, 4.69) is 47.9 Å². The van der Waals surface area contributed by atoms with Gasteiger partial charge in [-0.3, -0.25) is 52.7 Å². The molecule has 1 aromatic carbocycles. The normalized spacial score (nSPS) is 17.0. The number of amides is 11. The first kappa shape index (κ1) is 72.2. The number of rotatable bonds is 35. The smallest absolute Gasteiger partial charge is 0.248 e. The van der Waals surface area contributed by atoms with Gasteiger partial charge >= 0.3 is 0 Å². The van der Waals surface area contributed by atoms with E-state index in [4.69, 9.17) is 11.5 Å². The van der Waals surface area contributed by atoms with Crippen LogP contribution in [0.1, 0.15) is 153 Å². The van der Waals surface area contributed by atoms with Crippen LogP contribution in [0, 0.1) is 29.6 Å². The van der Waals surface area contributed by atoms with Gasteiger partial charge < -0.3 is 74.4 Å². The molecule has 83 heavy (non-hydrogen) atoms. The fourth-order valence-corrected chi connectivity index (χ4v) is 9.60. The van der Waals surface area contributed by atoms with Crippen molar-refractivity contribution in [2.75, 3.05) is 13.1 Å². The maximum Gasteiger partial charge on any atom is 0.248 e. The minimum atomic E-state index is -1.56. The summed E-state index contributed by atoms with van der Waals surface area (Å²) in [5, 5.41) is 45.2. The second kappa shape index (κ2) is 35.3. The van der Waals surface area contributed by atoms with Gasteiger partial charge in [0.05, 0.1) is 6.10 Å². The quantitative estimate of drug-likeness (QED) is 0.0403. The van der Waals surface area contributed by atoms with E-state index >= 15 is 0 Å². The van der Waals surface area contributed by atoms with Crippen molar-refractivity contribution in [1.82, 2.24) is 52.8 Å². The lowest BCUT2D eigenvalue weighted by Gasteiger charge is -2.32. The number of primary amides is 1. The zero-order chi connectivity index (χ0) is 63.0. The van der Waals surface area contributed by atoms with Crippen LogP contribution in [-0.4, -0.2) is 160 Å². The van der Waals surface area contributed by atoms with Gasteiger partial charge in [0.25, 0.3) is 0 Å². The monoisotopic (exact) mass is 1170 g/mol. The van der Waals surface area contributed by atoms with Crippen molar-refractivity contribution in [1.29, 1.82) is 0 Å². The number of nitrogens with one attached hydrogen (secondary N) is 9. The Kier molecular flexibility index (Phi) is 30.7. The fraction of sp³-hybridized carbons (Fsp3) is 0.707. The third-order valence-corrected chi connectivity index (χ3v) is 13.9. The summed E-state index contributed by atoms with van der Waals surface area (Å²) < 4.78 is 0. The van der Waals surface area contributed by atoms with Crippen molar-refractivity contribution < 1.29 is 63.0 Å². The highest BCUT2D eigenvalue weighted by molar-refractivity contribution is 5.99. The van der Waals surface area contributed by atoms with Crippen LogP contribution < -0.4 is 59.3 Å². The number of unbranched alkanes of at least 4 members (excludes halogenated alkanes) is 1. The van der Waals surface area contributed by atoms with E-state index in [9.17, 15) is 63.0 Å². The number of hydrogen-bond acceptors (Lipinski definition) is 14. The number of aliphatic hydroxyl groups excluding tert-OH is 1. The Balaban J connectivity index is 2.48. The second-order valence-electron chi connectivity index (χ2n) is 24.0. The van der Waals surface area contributed by atoms with Gasteiger partial charge in [-0.25, -0.2) is 0 Å². The maximum atomic E-state index is 14.7. The first-order chi connectivity index (χ1) is 38.8.